The molecule has 0 atom stereocenters. The normalized spacial score (nSPS) is 12.7. The molecule has 0 aromatic heterocycles. The van der Waals surface area contributed by atoms with Gasteiger partial charge in [-0.3, -0.25) is 0 Å². The van der Waals surface area contributed by atoms with Gasteiger partial charge in [-0.1, -0.05) is 12.1 Å². The second-order valence-electron chi connectivity index (χ2n) is 5.79. The second-order valence-corrected chi connectivity index (χ2v) is 7.62. The van der Waals surface area contributed by atoms with Gasteiger partial charge in [0.1, 0.15) is 10.7 Å². The van der Waals surface area contributed by atoms with E-state index in [0.29, 0.717) is 12.1 Å². The number of hydrogen-bond acceptors (Lipinski definition) is 3. The van der Waals surface area contributed by atoms with Crippen LogP contribution in [-0.2, 0) is 16.6 Å². The molecule has 0 spiro atoms. The van der Waals surface area contributed by atoms with Crippen molar-refractivity contribution < 1.29 is 12.8 Å². The summed E-state index contributed by atoms with van der Waals surface area (Å²) in [7, 11) is -2.17. The summed E-state index contributed by atoms with van der Waals surface area (Å²) < 4.78 is 40.8. The third-order valence-corrected chi connectivity index (χ3v) is 5.15. The van der Waals surface area contributed by atoms with Crippen LogP contribution in [0.25, 0.3) is 0 Å². The van der Waals surface area contributed by atoms with Crippen LogP contribution < -0.4 is 5.32 Å². The summed E-state index contributed by atoms with van der Waals surface area (Å²) in [5, 5.41) is 2.90. The Labute approximate surface area is 126 Å². The lowest BCUT2D eigenvalue weighted by atomic mass is 10.1. The van der Waals surface area contributed by atoms with E-state index in [2.05, 4.69) is 11.9 Å². The van der Waals surface area contributed by atoms with Gasteiger partial charge in [-0.15, -0.1) is 6.58 Å². The fourth-order valence-electron chi connectivity index (χ4n) is 2.04. The molecule has 0 bridgehead atoms. The van der Waals surface area contributed by atoms with Gasteiger partial charge in [0.05, 0.1) is 0 Å². The van der Waals surface area contributed by atoms with Gasteiger partial charge >= 0.3 is 0 Å². The van der Waals surface area contributed by atoms with Crippen LogP contribution >= 0.6 is 0 Å². The van der Waals surface area contributed by atoms with Gasteiger partial charge in [0, 0.05) is 18.6 Å². The van der Waals surface area contributed by atoms with Crippen LogP contribution in [0.5, 0.6) is 0 Å². The molecular weight excluding hydrogens is 291 g/mol. The first-order chi connectivity index (χ1) is 9.64. The summed E-state index contributed by atoms with van der Waals surface area (Å²) in [4.78, 5) is -0.306. The highest BCUT2D eigenvalue weighted by Gasteiger charge is 2.34. The van der Waals surface area contributed by atoms with Crippen LogP contribution in [0, 0.1) is 5.82 Å². The van der Waals surface area contributed by atoms with E-state index in [4.69, 9.17) is 0 Å². The molecule has 21 heavy (non-hydrogen) atoms. The Bertz CT molecular complexity index is 607. The van der Waals surface area contributed by atoms with E-state index in [1.165, 1.54) is 22.5 Å². The van der Waals surface area contributed by atoms with E-state index in [0.717, 1.165) is 0 Å². The van der Waals surface area contributed by atoms with E-state index >= 15 is 0 Å². The second kappa shape index (κ2) is 6.68. The first-order valence-electron chi connectivity index (χ1n) is 6.71. The summed E-state index contributed by atoms with van der Waals surface area (Å²) in [6, 6.07) is 4.18. The Kier molecular flexibility index (Phi) is 5.67. The first kappa shape index (κ1) is 17.8. The van der Waals surface area contributed by atoms with Crippen molar-refractivity contribution in [2.75, 3.05) is 13.6 Å². The molecule has 0 heterocycles. The standard InChI is InChI=1S/C15H23FN2O2S/c1-6-9-18(15(2,3)4)21(19,20)14-8-7-12(11-17-5)10-13(14)16/h6-8,10,17H,1,9,11H2,2-5H3. The van der Waals surface area contributed by atoms with Crippen LogP contribution in [0.4, 0.5) is 4.39 Å². The predicted octanol–water partition coefficient (Wildman–Crippen LogP) is 2.52. The van der Waals surface area contributed by atoms with Crippen LogP contribution in [0.15, 0.2) is 35.7 Å². The van der Waals surface area contributed by atoms with Gasteiger partial charge in [0.15, 0.2) is 0 Å². The maximum atomic E-state index is 14.2. The molecule has 1 N–H and O–H groups in total. The molecule has 0 aliphatic carbocycles. The lowest BCUT2D eigenvalue weighted by Crippen LogP contribution is -2.45. The third kappa shape index (κ3) is 4.12. The van der Waals surface area contributed by atoms with Crippen LogP contribution in [0.2, 0.25) is 0 Å². The summed E-state index contributed by atoms with van der Waals surface area (Å²) >= 11 is 0. The molecule has 4 nitrogen and oxygen atoms in total. The Hall–Kier alpha value is -1.24. The molecular formula is C15H23FN2O2S. The minimum atomic E-state index is -3.92. The highest BCUT2D eigenvalue weighted by molar-refractivity contribution is 7.89. The van der Waals surface area contributed by atoms with Crippen molar-refractivity contribution in [1.29, 1.82) is 0 Å². The number of halogens is 1. The van der Waals surface area contributed by atoms with Crippen molar-refractivity contribution in [2.45, 2.75) is 37.8 Å². The molecule has 118 valence electrons. The lowest BCUT2D eigenvalue weighted by molar-refractivity contribution is 0.269. The average molecular weight is 314 g/mol. The molecule has 1 aromatic rings. The van der Waals surface area contributed by atoms with E-state index in [-0.39, 0.29) is 11.4 Å². The Morgan fingerprint density at radius 3 is 2.43 bits per heavy atom. The Balaban J connectivity index is 3.32. The van der Waals surface area contributed by atoms with Crippen molar-refractivity contribution in [3.63, 3.8) is 0 Å². The largest absolute Gasteiger partial charge is 0.316 e. The van der Waals surface area contributed by atoms with Crippen molar-refractivity contribution in [1.82, 2.24) is 9.62 Å². The zero-order chi connectivity index (χ0) is 16.3. The number of rotatable bonds is 6. The van der Waals surface area contributed by atoms with Gasteiger partial charge in [-0.2, -0.15) is 4.31 Å². The molecule has 0 radical (unpaired) electrons. The van der Waals surface area contributed by atoms with Crippen molar-refractivity contribution in [2.24, 2.45) is 0 Å². The fourth-order valence-corrected chi connectivity index (χ4v) is 3.84. The fraction of sp³-hybridized carbons (Fsp3) is 0.467. The molecule has 0 aliphatic rings. The molecule has 0 unspecified atom stereocenters. The summed E-state index contributed by atoms with van der Waals surface area (Å²) in [5.41, 5.74) is 0.0308. The van der Waals surface area contributed by atoms with Gasteiger partial charge in [0.2, 0.25) is 10.0 Å². The molecule has 1 aromatic carbocycles. The molecule has 0 amide bonds. The van der Waals surface area contributed by atoms with Crippen molar-refractivity contribution >= 4 is 10.0 Å². The number of benzene rings is 1. The maximum absolute atomic E-state index is 14.2. The SMILES string of the molecule is C=CCN(C(C)(C)C)S(=O)(=O)c1ccc(CNC)cc1F. The first-order valence-corrected chi connectivity index (χ1v) is 8.15. The molecule has 0 saturated heterocycles. The topological polar surface area (TPSA) is 49.4 Å². The van der Waals surface area contributed by atoms with E-state index in [9.17, 15) is 12.8 Å². The smallest absolute Gasteiger partial charge is 0.246 e. The van der Waals surface area contributed by atoms with Gasteiger partial charge in [-0.05, 0) is 45.5 Å². The lowest BCUT2D eigenvalue weighted by Gasteiger charge is -2.33. The van der Waals surface area contributed by atoms with Crippen molar-refractivity contribution in [3.8, 4) is 0 Å². The van der Waals surface area contributed by atoms with Gasteiger partial charge < -0.3 is 5.32 Å². The Morgan fingerprint density at radius 1 is 1.38 bits per heavy atom. The summed E-state index contributed by atoms with van der Waals surface area (Å²) in [5.74, 6) is -0.735. The maximum Gasteiger partial charge on any atom is 0.246 e. The van der Waals surface area contributed by atoms with E-state index < -0.39 is 21.4 Å². The van der Waals surface area contributed by atoms with Crippen molar-refractivity contribution in [3.05, 3.63) is 42.2 Å². The highest BCUT2D eigenvalue weighted by atomic mass is 32.2. The molecule has 0 fully saturated rings. The molecule has 0 saturated carbocycles. The number of sulfonamides is 1. The number of hydrogen-bond donors (Lipinski definition) is 1. The minimum Gasteiger partial charge on any atom is -0.316 e. The zero-order valence-corrected chi connectivity index (χ0v) is 13.8. The Morgan fingerprint density at radius 2 is 2.00 bits per heavy atom. The van der Waals surface area contributed by atoms with Gasteiger partial charge in [0.25, 0.3) is 0 Å². The molecule has 6 heteroatoms. The highest BCUT2D eigenvalue weighted by Crippen LogP contribution is 2.26. The predicted molar refractivity (Wildman–Crippen MR) is 83.0 cm³/mol. The summed E-state index contributed by atoms with van der Waals surface area (Å²) in [6.07, 6.45) is 1.50. The quantitative estimate of drug-likeness (QED) is 0.821. The van der Waals surface area contributed by atoms with Crippen LogP contribution in [0.1, 0.15) is 26.3 Å². The zero-order valence-electron chi connectivity index (χ0n) is 13.0. The summed E-state index contributed by atoms with van der Waals surface area (Å²) in [6.45, 7) is 9.48. The van der Waals surface area contributed by atoms with Gasteiger partial charge in [-0.25, -0.2) is 12.8 Å². The average Bonchev–Trinajstić information content (AvgIpc) is 2.34. The van der Waals surface area contributed by atoms with Crippen LogP contribution in [-0.4, -0.2) is 31.9 Å². The van der Waals surface area contributed by atoms with E-state index in [1.807, 2.05) is 0 Å². The van der Waals surface area contributed by atoms with E-state index in [1.54, 1.807) is 33.9 Å². The minimum absolute atomic E-state index is 0.129. The third-order valence-electron chi connectivity index (χ3n) is 2.99. The number of nitrogens with one attached hydrogen (secondary N) is 1. The molecule has 1 rings (SSSR count). The molecule has 0 aliphatic heterocycles. The number of nitrogens with zero attached hydrogens (tertiary/aromatic N) is 1. The monoisotopic (exact) mass is 314 g/mol. The van der Waals surface area contributed by atoms with Crippen LogP contribution in [0.3, 0.4) is 0 Å².